The van der Waals surface area contributed by atoms with Crippen LogP contribution in [0.2, 0.25) is 5.02 Å². The van der Waals surface area contributed by atoms with Gasteiger partial charge in [-0.2, -0.15) is 0 Å². The molecule has 0 spiro atoms. The Balaban J connectivity index is 0.00000400. The molecule has 1 aromatic carbocycles. The van der Waals surface area contributed by atoms with Crippen LogP contribution in [0.3, 0.4) is 0 Å². The third-order valence-corrected chi connectivity index (χ3v) is 2.77. The smallest absolute Gasteiger partial charge is 0.224 e. The molecule has 0 bridgehead atoms. The highest BCUT2D eigenvalue weighted by molar-refractivity contribution is 14.0. The summed E-state index contributed by atoms with van der Waals surface area (Å²) in [5, 5.41) is 6.43. The number of hydrogen-bond acceptors (Lipinski definition) is 2. The molecule has 5 nitrogen and oxygen atoms in total. The van der Waals surface area contributed by atoms with Crippen LogP contribution in [0.5, 0.6) is 0 Å². The van der Waals surface area contributed by atoms with Crippen molar-refractivity contribution < 1.29 is 4.79 Å². The Morgan fingerprint density at radius 2 is 2.00 bits per heavy atom. The van der Waals surface area contributed by atoms with Gasteiger partial charge in [0.2, 0.25) is 5.91 Å². The Hall–Kier alpha value is -1.02. The number of guanidine groups is 1. The second-order valence-electron chi connectivity index (χ2n) is 4.35. The van der Waals surface area contributed by atoms with Crippen LogP contribution in [0, 0.1) is 0 Å². The lowest BCUT2D eigenvalue weighted by Gasteiger charge is -2.07. The van der Waals surface area contributed by atoms with Gasteiger partial charge in [0.1, 0.15) is 0 Å². The van der Waals surface area contributed by atoms with Crippen LogP contribution in [0.1, 0.15) is 26.2 Å². The Kier molecular flexibility index (Phi) is 11.1. The summed E-state index contributed by atoms with van der Waals surface area (Å²) in [5.74, 6) is 0.406. The number of amides is 1. The zero-order valence-corrected chi connectivity index (χ0v) is 15.2. The summed E-state index contributed by atoms with van der Waals surface area (Å²) in [4.78, 5) is 15.8. The van der Waals surface area contributed by atoms with Gasteiger partial charge in [-0.1, -0.05) is 18.5 Å². The van der Waals surface area contributed by atoms with E-state index in [2.05, 4.69) is 15.6 Å². The second kappa shape index (κ2) is 11.6. The average Bonchev–Trinajstić information content (AvgIpc) is 2.44. The van der Waals surface area contributed by atoms with Gasteiger partial charge in [0.25, 0.3) is 0 Å². The van der Waals surface area contributed by atoms with E-state index in [0.29, 0.717) is 30.4 Å². The maximum Gasteiger partial charge on any atom is 0.224 e. The molecule has 7 heteroatoms. The molecule has 0 aliphatic carbocycles. The molecule has 1 amide bonds. The van der Waals surface area contributed by atoms with E-state index in [1.807, 2.05) is 6.92 Å². The van der Waals surface area contributed by atoms with Crippen molar-refractivity contribution in [1.82, 2.24) is 5.32 Å². The first-order chi connectivity index (χ1) is 9.61. The summed E-state index contributed by atoms with van der Waals surface area (Å²) in [6.45, 7) is 3.39. The normalized spacial score (nSPS) is 10.7. The van der Waals surface area contributed by atoms with Crippen LogP contribution < -0.4 is 16.4 Å². The lowest BCUT2D eigenvalue weighted by Crippen LogP contribution is -2.33. The van der Waals surface area contributed by atoms with Gasteiger partial charge in [0.05, 0.1) is 0 Å². The summed E-state index contributed by atoms with van der Waals surface area (Å²) >= 11 is 5.77. The Morgan fingerprint density at radius 3 is 2.62 bits per heavy atom. The molecule has 21 heavy (non-hydrogen) atoms. The predicted octanol–water partition coefficient (Wildman–Crippen LogP) is 2.99. The van der Waals surface area contributed by atoms with Crippen molar-refractivity contribution in [3.63, 3.8) is 0 Å². The van der Waals surface area contributed by atoms with E-state index in [9.17, 15) is 4.79 Å². The van der Waals surface area contributed by atoms with Crippen molar-refractivity contribution in [1.29, 1.82) is 0 Å². The number of rotatable bonds is 7. The number of halogens is 2. The number of benzene rings is 1. The average molecular weight is 425 g/mol. The first-order valence-corrected chi connectivity index (χ1v) is 7.09. The first kappa shape index (κ1) is 20.0. The van der Waals surface area contributed by atoms with Gasteiger partial charge >= 0.3 is 0 Å². The molecule has 0 atom stereocenters. The lowest BCUT2D eigenvalue weighted by molar-refractivity contribution is -0.116. The molecule has 4 N–H and O–H groups in total. The zero-order chi connectivity index (χ0) is 14.8. The molecule has 0 unspecified atom stereocenters. The SMILES string of the molecule is CCCN=C(N)NCCCC(=O)Nc1ccc(Cl)cc1.I. The van der Waals surface area contributed by atoms with Crippen LogP contribution in [-0.4, -0.2) is 25.0 Å². The van der Waals surface area contributed by atoms with E-state index in [1.54, 1.807) is 24.3 Å². The highest BCUT2D eigenvalue weighted by atomic mass is 127. The number of hydrogen-bond donors (Lipinski definition) is 3. The zero-order valence-electron chi connectivity index (χ0n) is 12.1. The molecule has 0 radical (unpaired) electrons. The van der Waals surface area contributed by atoms with E-state index < -0.39 is 0 Å². The maximum atomic E-state index is 11.7. The van der Waals surface area contributed by atoms with Crippen molar-refractivity contribution >= 4 is 53.1 Å². The number of carbonyl (C=O) groups is 1. The molecule has 0 heterocycles. The molecule has 0 aliphatic heterocycles. The monoisotopic (exact) mass is 424 g/mol. The molecule has 0 saturated heterocycles. The summed E-state index contributed by atoms with van der Waals surface area (Å²) < 4.78 is 0. The highest BCUT2D eigenvalue weighted by Crippen LogP contribution is 2.13. The summed E-state index contributed by atoms with van der Waals surface area (Å²) in [7, 11) is 0. The Bertz CT molecular complexity index is 451. The van der Waals surface area contributed by atoms with E-state index in [-0.39, 0.29) is 29.9 Å². The fraction of sp³-hybridized carbons (Fsp3) is 0.429. The molecule has 1 aromatic rings. The highest BCUT2D eigenvalue weighted by Gasteiger charge is 2.02. The minimum Gasteiger partial charge on any atom is -0.370 e. The number of anilines is 1. The minimum atomic E-state index is -0.0295. The molecule has 0 fully saturated rings. The molecule has 1 rings (SSSR count). The first-order valence-electron chi connectivity index (χ1n) is 6.71. The largest absolute Gasteiger partial charge is 0.370 e. The minimum absolute atomic E-state index is 0. The molecule has 0 aliphatic rings. The third kappa shape index (κ3) is 9.52. The molecule has 0 saturated carbocycles. The summed E-state index contributed by atoms with van der Waals surface area (Å²) in [6.07, 6.45) is 2.09. The van der Waals surface area contributed by atoms with Gasteiger partial charge < -0.3 is 16.4 Å². The van der Waals surface area contributed by atoms with Crippen molar-refractivity contribution in [2.45, 2.75) is 26.2 Å². The Morgan fingerprint density at radius 1 is 1.33 bits per heavy atom. The number of nitrogens with two attached hydrogens (primary N) is 1. The van der Waals surface area contributed by atoms with Gasteiger partial charge in [-0.05, 0) is 37.1 Å². The Labute approximate surface area is 147 Å². The van der Waals surface area contributed by atoms with Gasteiger partial charge in [0.15, 0.2) is 5.96 Å². The van der Waals surface area contributed by atoms with E-state index in [4.69, 9.17) is 17.3 Å². The van der Waals surface area contributed by atoms with Crippen molar-refractivity contribution in [3.05, 3.63) is 29.3 Å². The van der Waals surface area contributed by atoms with Crippen molar-refractivity contribution in [2.24, 2.45) is 10.7 Å². The van der Waals surface area contributed by atoms with Crippen LogP contribution in [-0.2, 0) is 4.79 Å². The number of carbonyl (C=O) groups excluding carboxylic acids is 1. The standard InChI is InChI=1S/C14H21ClN4O.HI/c1-2-9-17-14(16)18-10-3-4-13(20)19-12-7-5-11(15)6-8-12;/h5-8H,2-4,9-10H2,1H3,(H,19,20)(H3,16,17,18);1H. The number of nitrogens with one attached hydrogen (secondary N) is 2. The van der Waals surface area contributed by atoms with Crippen molar-refractivity contribution in [3.8, 4) is 0 Å². The van der Waals surface area contributed by atoms with Gasteiger partial charge in [-0.15, -0.1) is 24.0 Å². The number of nitrogens with zero attached hydrogens (tertiary/aromatic N) is 1. The molecular formula is C14H22ClIN4O. The van der Waals surface area contributed by atoms with Gasteiger partial charge in [-0.3, -0.25) is 9.79 Å². The second-order valence-corrected chi connectivity index (χ2v) is 4.79. The van der Waals surface area contributed by atoms with Crippen LogP contribution in [0.15, 0.2) is 29.3 Å². The number of aliphatic imine (C=N–C) groups is 1. The quantitative estimate of drug-likeness (QED) is 0.272. The van der Waals surface area contributed by atoms with E-state index in [0.717, 1.165) is 18.7 Å². The van der Waals surface area contributed by atoms with Gasteiger partial charge in [0, 0.05) is 30.2 Å². The topological polar surface area (TPSA) is 79.5 Å². The fourth-order valence-corrected chi connectivity index (χ4v) is 1.64. The van der Waals surface area contributed by atoms with Gasteiger partial charge in [-0.25, -0.2) is 0 Å². The molecule has 0 aromatic heterocycles. The summed E-state index contributed by atoms with van der Waals surface area (Å²) in [6, 6.07) is 7.02. The maximum absolute atomic E-state index is 11.7. The predicted molar refractivity (Wildman–Crippen MR) is 99.5 cm³/mol. The summed E-state index contributed by atoms with van der Waals surface area (Å²) in [5.41, 5.74) is 6.39. The lowest BCUT2D eigenvalue weighted by atomic mass is 10.2. The van der Waals surface area contributed by atoms with Crippen LogP contribution in [0.25, 0.3) is 0 Å². The van der Waals surface area contributed by atoms with Crippen molar-refractivity contribution in [2.75, 3.05) is 18.4 Å². The third-order valence-electron chi connectivity index (χ3n) is 2.52. The molecular weight excluding hydrogens is 403 g/mol. The fourth-order valence-electron chi connectivity index (χ4n) is 1.51. The van der Waals surface area contributed by atoms with Crippen LogP contribution >= 0.6 is 35.6 Å². The van der Waals surface area contributed by atoms with E-state index >= 15 is 0 Å². The van der Waals surface area contributed by atoms with Crippen LogP contribution in [0.4, 0.5) is 5.69 Å². The van der Waals surface area contributed by atoms with E-state index in [1.165, 1.54) is 0 Å². The molecule has 118 valence electrons.